The fraction of sp³-hybridized carbons (Fsp3) is 0.333. The fourth-order valence-electron chi connectivity index (χ4n) is 3.33. The average molecular weight is 408 g/mol. The van der Waals surface area contributed by atoms with E-state index in [1.807, 2.05) is 76.4 Å². The molecule has 0 unspecified atom stereocenters. The highest BCUT2D eigenvalue weighted by Gasteiger charge is 2.24. The third-order valence-electron chi connectivity index (χ3n) is 4.90. The standard InChI is InChI=1S/C24H29N3O3/c1-15(2)14-30-24(29)27-22(12-18-13-25-21-8-6-5-7-19(18)21)23(28)26-20-10-9-16(3)11-17(20)4/h5-11,13,15,22,25H,12,14H2,1-4H3,(H,26,28)(H,27,29)/t22-/m1/s1. The number of aryl methyl sites for hydroxylation is 2. The van der Waals surface area contributed by atoms with Crippen LogP contribution in [0.3, 0.4) is 0 Å². The monoisotopic (exact) mass is 407 g/mol. The summed E-state index contributed by atoms with van der Waals surface area (Å²) in [6.07, 6.45) is 1.63. The molecule has 0 aliphatic heterocycles. The normalized spacial score (nSPS) is 12.0. The first-order chi connectivity index (χ1) is 14.3. The van der Waals surface area contributed by atoms with Gasteiger partial charge in [-0.25, -0.2) is 4.79 Å². The number of anilines is 1. The minimum absolute atomic E-state index is 0.215. The number of para-hydroxylation sites is 1. The van der Waals surface area contributed by atoms with Gasteiger partial charge in [-0.1, -0.05) is 49.7 Å². The van der Waals surface area contributed by atoms with E-state index in [2.05, 4.69) is 15.6 Å². The molecule has 0 radical (unpaired) electrons. The van der Waals surface area contributed by atoms with Gasteiger partial charge in [0, 0.05) is 29.2 Å². The van der Waals surface area contributed by atoms with E-state index >= 15 is 0 Å². The zero-order valence-electron chi connectivity index (χ0n) is 17.9. The maximum Gasteiger partial charge on any atom is 0.407 e. The van der Waals surface area contributed by atoms with Gasteiger partial charge in [-0.2, -0.15) is 0 Å². The second-order valence-electron chi connectivity index (χ2n) is 8.06. The Morgan fingerprint density at radius 3 is 2.60 bits per heavy atom. The molecule has 0 saturated carbocycles. The molecular formula is C24H29N3O3. The number of aromatic amines is 1. The van der Waals surface area contributed by atoms with E-state index in [-0.39, 0.29) is 11.8 Å². The lowest BCUT2D eigenvalue weighted by molar-refractivity contribution is -0.118. The number of alkyl carbamates (subject to hydrolysis) is 1. The smallest absolute Gasteiger partial charge is 0.407 e. The van der Waals surface area contributed by atoms with Gasteiger partial charge in [0.15, 0.2) is 0 Å². The van der Waals surface area contributed by atoms with Crippen LogP contribution in [0.1, 0.15) is 30.5 Å². The fourth-order valence-corrected chi connectivity index (χ4v) is 3.33. The molecule has 2 aromatic carbocycles. The van der Waals surface area contributed by atoms with Gasteiger partial charge in [0.1, 0.15) is 6.04 Å². The number of hydrogen-bond donors (Lipinski definition) is 3. The van der Waals surface area contributed by atoms with Gasteiger partial charge >= 0.3 is 6.09 Å². The number of rotatable bonds is 7. The van der Waals surface area contributed by atoms with Crippen molar-refractivity contribution >= 4 is 28.6 Å². The number of carbonyl (C=O) groups excluding carboxylic acids is 2. The summed E-state index contributed by atoms with van der Waals surface area (Å²) in [7, 11) is 0. The lowest BCUT2D eigenvalue weighted by Gasteiger charge is -2.19. The summed E-state index contributed by atoms with van der Waals surface area (Å²) in [6, 6.07) is 12.9. The summed E-state index contributed by atoms with van der Waals surface area (Å²) < 4.78 is 5.24. The number of nitrogens with one attached hydrogen (secondary N) is 3. The van der Waals surface area contributed by atoms with Gasteiger partial charge in [0.2, 0.25) is 5.91 Å². The molecule has 1 heterocycles. The molecule has 6 heteroatoms. The van der Waals surface area contributed by atoms with Crippen LogP contribution in [0, 0.1) is 19.8 Å². The first kappa shape index (κ1) is 21.4. The molecular weight excluding hydrogens is 378 g/mol. The predicted molar refractivity (Wildman–Crippen MR) is 120 cm³/mol. The van der Waals surface area contributed by atoms with Gasteiger partial charge in [0.25, 0.3) is 0 Å². The Morgan fingerprint density at radius 2 is 1.87 bits per heavy atom. The largest absolute Gasteiger partial charge is 0.449 e. The number of H-pyrrole nitrogens is 1. The Kier molecular flexibility index (Phi) is 6.77. The third kappa shape index (κ3) is 5.41. The zero-order chi connectivity index (χ0) is 21.7. The number of benzene rings is 2. The minimum atomic E-state index is -0.774. The van der Waals surface area contributed by atoms with Crippen molar-refractivity contribution in [2.75, 3.05) is 11.9 Å². The van der Waals surface area contributed by atoms with Crippen molar-refractivity contribution in [3.05, 3.63) is 65.4 Å². The topological polar surface area (TPSA) is 83.2 Å². The zero-order valence-corrected chi connectivity index (χ0v) is 17.9. The van der Waals surface area contributed by atoms with E-state index in [1.165, 1.54) is 0 Å². The van der Waals surface area contributed by atoms with E-state index < -0.39 is 12.1 Å². The molecule has 0 fully saturated rings. The van der Waals surface area contributed by atoms with Crippen molar-refractivity contribution in [3.63, 3.8) is 0 Å². The summed E-state index contributed by atoms with van der Waals surface area (Å²) >= 11 is 0. The van der Waals surface area contributed by atoms with E-state index in [4.69, 9.17) is 4.74 Å². The van der Waals surface area contributed by atoms with Crippen LogP contribution in [-0.4, -0.2) is 29.6 Å². The van der Waals surface area contributed by atoms with Crippen LogP contribution in [-0.2, 0) is 16.0 Å². The summed E-state index contributed by atoms with van der Waals surface area (Å²) in [5.41, 5.74) is 4.76. The first-order valence-corrected chi connectivity index (χ1v) is 10.2. The van der Waals surface area contributed by atoms with Crippen molar-refractivity contribution in [2.45, 2.75) is 40.2 Å². The van der Waals surface area contributed by atoms with Crippen molar-refractivity contribution < 1.29 is 14.3 Å². The Bertz CT molecular complexity index is 1040. The van der Waals surface area contributed by atoms with Crippen LogP contribution >= 0.6 is 0 Å². The Labute approximate surface area is 177 Å². The van der Waals surface area contributed by atoms with Crippen molar-refractivity contribution in [1.29, 1.82) is 0 Å². The van der Waals surface area contributed by atoms with Gasteiger partial charge in [0.05, 0.1) is 6.61 Å². The molecule has 1 atom stereocenters. The quantitative estimate of drug-likeness (QED) is 0.530. The summed E-state index contributed by atoms with van der Waals surface area (Å²) in [5, 5.41) is 6.71. The molecule has 1 aromatic heterocycles. The Hall–Kier alpha value is -3.28. The van der Waals surface area contributed by atoms with Crippen LogP contribution in [0.2, 0.25) is 0 Å². The molecule has 3 rings (SSSR count). The highest BCUT2D eigenvalue weighted by molar-refractivity contribution is 5.97. The molecule has 6 nitrogen and oxygen atoms in total. The molecule has 3 aromatic rings. The molecule has 0 bridgehead atoms. The predicted octanol–water partition coefficient (Wildman–Crippen LogP) is 4.72. The van der Waals surface area contributed by atoms with E-state index in [9.17, 15) is 9.59 Å². The molecule has 0 aliphatic rings. The second-order valence-corrected chi connectivity index (χ2v) is 8.06. The second kappa shape index (κ2) is 9.48. The lowest BCUT2D eigenvalue weighted by Crippen LogP contribution is -2.45. The van der Waals surface area contributed by atoms with Crippen molar-refractivity contribution in [2.24, 2.45) is 5.92 Å². The van der Waals surface area contributed by atoms with Crippen molar-refractivity contribution in [1.82, 2.24) is 10.3 Å². The van der Waals surface area contributed by atoms with Gasteiger partial charge in [-0.15, -0.1) is 0 Å². The first-order valence-electron chi connectivity index (χ1n) is 10.2. The number of amides is 2. The van der Waals surface area contributed by atoms with Gasteiger partial charge in [-0.3, -0.25) is 4.79 Å². The highest BCUT2D eigenvalue weighted by atomic mass is 16.5. The van der Waals surface area contributed by atoms with Crippen molar-refractivity contribution in [3.8, 4) is 0 Å². The Morgan fingerprint density at radius 1 is 1.10 bits per heavy atom. The minimum Gasteiger partial charge on any atom is -0.449 e. The van der Waals surface area contributed by atoms with E-state index in [0.717, 1.165) is 33.3 Å². The van der Waals surface area contributed by atoms with Crippen LogP contribution in [0.25, 0.3) is 10.9 Å². The molecule has 0 aliphatic carbocycles. The lowest BCUT2D eigenvalue weighted by atomic mass is 10.0. The number of ether oxygens (including phenoxy) is 1. The maximum absolute atomic E-state index is 13.1. The molecule has 30 heavy (non-hydrogen) atoms. The van der Waals surface area contributed by atoms with Gasteiger partial charge in [-0.05, 0) is 43.0 Å². The number of fused-ring (bicyclic) bond motifs is 1. The highest BCUT2D eigenvalue weighted by Crippen LogP contribution is 2.21. The molecule has 158 valence electrons. The number of carbonyl (C=O) groups is 2. The van der Waals surface area contributed by atoms with Crippen LogP contribution in [0.5, 0.6) is 0 Å². The molecule has 0 saturated heterocycles. The molecule has 0 spiro atoms. The third-order valence-corrected chi connectivity index (χ3v) is 4.90. The summed E-state index contributed by atoms with van der Waals surface area (Å²) in [5.74, 6) is -0.0689. The average Bonchev–Trinajstić information content (AvgIpc) is 3.11. The molecule has 3 N–H and O–H groups in total. The van der Waals surface area contributed by atoms with Crippen LogP contribution < -0.4 is 10.6 Å². The van der Waals surface area contributed by atoms with Crippen LogP contribution in [0.4, 0.5) is 10.5 Å². The Balaban J connectivity index is 1.80. The summed E-state index contributed by atoms with van der Waals surface area (Å²) in [6.45, 7) is 8.17. The number of hydrogen-bond acceptors (Lipinski definition) is 3. The number of aromatic nitrogens is 1. The van der Waals surface area contributed by atoms with E-state index in [0.29, 0.717) is 13.0 Å². The SMILES string of the molecule is Cc1ccc(NC(=O)[C@@H](Cc2c[nH]c3ccccc23)NC(=O)OCC(C)C)c(C)c1. The maximum atomic E-state index is 13.1. The van der Waals surface area contributed by atoms with Crippen LogP contribution in [0.15, 0.2) is 48.7 Å². The van der Waals surface area contributed by atoms with Gasteiger partial charge < -0.3 is 20.4 Å². The summed E-state index contributed by atoms with van der Waals surface area (Å²) in [4.78, 5) is 28.6. The molecule has 2 amide bonds. The van der Waals surface area contributed by atoms with E-state index in [1.54, 1.807) is 0 Å².